The number of anilines is 1. The molecule has 0 saturated carbocycles. The van der Waals surface area contributed by atoms with Crippen LogP contribution in [0.4, 0.5) is 10.1 Å². The van der Waals surface area contributed by atoms with Gasteiger partial charge in [0, 0.05) is 26.1 Å². The van der Waals surface area contributed by atoms with Crippen LogP contribution in [-0.2, 0) is 23.9 Å². The number of esters is 1. The summed E-state index contributed by atoms with van der Waals surface area (Å²) in [6, 6.07) is 4.88. The Kier molecular flexibility index (Phi) is 5.95. The maximum absolute atomic E-state index is 13.2. The van der Waals surface area contributed by atoms with Gasteiger partial charge in [0.15, 0.2) is 5.70 Å². The Morgan fingerprint density at radius 3 is 2.31 bits per heavy atom. The Bertz CT molecular complexity index is 877. The fraction of sp³-hybridized carbons (Fsp3) is 0.400. The van der Waals surface area contributed by atoms with Crippen molar-refractivity contribution in [2.75, 3.05) is 31.1 Å². The molecule has 1 saturated heterocycles. The lowest BCUT2D eigenvalue weighted by atomic mass is 10.3. The normalized spacial score (nSPS) is 16.9. The molecule has 0 atom stereocenters. The van der Waals surface area contributed by atoms with Crippen LogP contribution in [0.25, 0.3) is 0 Å². The first-order chi connectivity index (χ1) is 13.9. The minimum Gasteiger partial charge on any atom is -0.417 e. The average molecular weight is 403 g/mol. The largest absolute Gasteiger partial charge is 0.417 e. The van der Waals surface area contributed by atoms with Crippen molar-refractivity contribution >= 4 is 29.4 Å². The number of rotatable bonds is 7. The number of likely N-dealkylation sites (N-methyl/N-ethyl adjacent to an activating group) is 1. The Hall–Kier alpha value is -3.23. The van der Waals surface area contributed by atoms with E-state index in [2.05, 4.69) is 0 Å². The van der Waals surface area contributed by atoms with Crippen molar-refractivity contribution in [3.05, 3.63) is 41.5 Å². The summed E-state index contributed by atoms with van der Waals surface area (Å²) in [5.41, 5.74) is 0.150. The fourth-order valence-corrected chi connectivity index (χ4v) is 3.41. The number of hydrogen-bond donors (Lipinski definition) is 0. The van der Waals surface area contributed by atoms with E-state index in [9.17, 15) is 23.6 Å². The van der Waals surface area contributed by atoms with Crippen molar-refractivity contribution in [3.8, 4) is 0 Å². The van der Waals surface area contributed by atoms with Crippen LogP contribution in [0.1, 0.15) is 26.7 Å². The Morgan fingerprint density at radius 2 is 1.76 bits per heavy atom. The number of halogens is 1. The smallest absolute Gasteiger partial charge is 0.331 e. The second-order valence-corrected chi connectivity index (χ2v) is 6.67. The van der Waals surface area contributed by atoms with Gasteiger partial charge < -0.3 is 14.5 Å². The highest BCUT2D eigenvalue weighted by Gasteiger charge is 2.44. The zero-order chi connectivity index (χ0) is 21.1. The summed E-state index contributed by atoms with van der Waals surface area (Å²) in [5.74, 6) is -3.27. The Balaban J connectivity index is 1.89. The molecule has 154 valence electrons. The molecule has 2 aliphatic rings. The van der Waals surface area contributed by atoms with Crippen LogP contribution >= 0.6 is 0 Å². The first-order valence-electron chi connectivity index (χ1n) is 9.49. The molecule has 0 aliphatic carbocycles. The molecule has 0 unspecified atom stereocenters. The molecule has 0 spiro atoms. The van der Waals surface area contributed by atoms with E-state index < -0.39 is 23.6 Å². The fourth-order valence-electron chi connectivity index (χ4n) is 3.41. The van der Waals surface area contributed by atoms with E-state index in [4.69, 9.17) is 4.74 Å². The van der Waals surface area contributed by atoms with Crippen molar-refractivity contribution in [2.24, 2.45) is 0 Å². The molecule has 3 amide bonds. The summed E-state index contributed by atoms with van der Waals surface area (Å²) in [5, 5.41) is 0. The first kappa shape index (κ1) is 20.5. The highest BCUT2D eigenvalue weighted by atomic mass is 19.1. The van der Waals surface area contributed by atoms with E-state index in [0.29, 0.717) is 32.5 Å². The van der Waals surface area contributed by atoms with Gasteiger partial charge >= 0.3 is 11.9 Å². The molecule has 3 rings (SSSR count). The van der Waals surface area contributed by atoms with Gasteiger partial charge in [0.2, 0.25) is 11.7 Å². The van der Waals surface area contributed by atoms with Crippen LogP contribution in [0.15, 0.2) is 35.7 Å². The van der Waals surface area contributed by atoms with Gasteiger partial charge in [-0.2, -0.15) is 0 Å². The molecule has 9 heteroatoms. The second-order valence-electron chi connectivity index (χ2n) is 6.67. The van der Waals surface area contributed by atoms with E-state index >= 15 is 0 Å². The molecular formula is C20H22FN3O5. The lowest BCUT2D eigenvalue weighted by Gasteiger charge is -2.22. The molecule has 29 heavy (non-hydrogen) atoms. The van der Waals surface area contributed by atoms with Crippen molar-refractivity contribution in [1.29, 1.82) is 0 Å². The zero-order valence-corrected chi connectivity index (χ0v) is 16.3. The molecule has 2 aliphatic heterocycles. The third kappa shape index (κ3) is 3.98. The molecule has 1 aromatic rings. The van der Waals surface area contributed by atoms with E-state index in [1.54, 1.807) is 18.7 Å². The topological polar surface area (TPSA) is 87.2 Å². The summed E-state index contributed by atoms with van der Waals surface area (Å²) in [6.45, 7) is 4.59. The van der Waals surface area contributed by atoms with Crippen LogP contribution in [0, 0.1) is 5.82 Å². The summed E-state index contributed by atoms with van der Waals surface area (Å²) < 4.78 is 18.5. The average Bonchev–Trinajstić information content (AvgIpc) is 3.19. The molecule has 1 aromatic carbocycles. The quantitative estimate of drug-likeness (QED) is 0.506. The molecule has 8 nitrogen and oxygen atoms in total. The molecule has 0 N–H and O–H groups in total. The number of amides is 3. The predicted molar refractivity (Wildman–Crippen MR) is 101 cm³/mol. The SMILES string of the molecule is CCN(CC)C1=C(OC(=O)CN2CCCC2=O)C(=O)N(c2ccc(F)cc2)C1=O. The van der Waals surface area contributed by atoms with Crippen LogP contribution in [0.5, 0.6) is 0 Å². The Labute approximate surface area is 167 Å². The minimum atomic E-state index is -0.801. The monoisotopic (exact) mass is 403 g/mol. The summed E-state index contributed by atoms with van der Waals surface area (Å²) in [6.07, 6.45) is 1.03. The van der Waals surface area contributed by atoms with Crippen LogP contribution in [0.2, 0.25) is 0 Å². The van der Waals surface area contributed by atoms with Gasteiger partial charge in [0.1, 0.15) is 12.4 Å². The van der Waals surface area contributed by atoms with Gasteiger partial charge in [0.05, 0.1) is 5.69 Å². The number of imide groups is 1. The van der Waals surface area contributed by atoms with Gasteiger partial charge in [-0.15, -0.1) is 0 Å². The highest BCUT2D eigenvalue weighted by Crippen LogP contribution is 2.30. The number of likely N-dealkylation sites (tertiary alicyclic amines) is 1. The maximum atomic E-state index is 13.2. The third-order valence-corrected chi connectivity index (χ3v) is 4.89. The summed E-state index contributed by atoms with van der Waals surface area (Å²) >= 11 is 0. The van der Waals surface area contributed by atoms with Gasteiger partial charge in [0.25, 0.3) is 5.91 Å². The molecular weight excluding hydrogens is 381 g/mol. The van der Waals surface area contributed by atoms with Crippen LogP contribution in [-0.4, -0.2) is 59.7 Å². The van der Waals surface area contributed by atoms with Crippen molar-refractivity contribution < 1.29 is 28.3 Å². The first-order valence-corrected chi connectivity index (χ1v) is 9.49. The molecule has 0 bridgehead atoms. The summed E-state index contributed by atoms with van der Waals surface area (Å²) in [7, 11) is 0. The summed E-state index contributed by atoms with van der Waals surface area (Å²) in [4.78, 5) is 53.9. The lowest BCUT2D eigenvalue weighted by molar-refractivity contribution is -0.146. The predicted octanol–water partition coefficient (Wildman–Crippen LogP) is 1.42. The van der Waals surface area contributed by atoms with Gasteiger partial charge in [-0.25, -0.2) is 14.1 Å². The van der Waals surface area contributed by atoms with Crippen LogP contribution in [0.3, 0.4) is 0 Å². The second kappa shape index (κ2) is 8.42. The highest BCUT2D eigenvalue weighted by molar-refractivity contribution is 6.32. The van der Waals surface area contributed by atoms with Crippen molar-refractivity contribution in [1.82, 2.24) is 9.80 Å². The lowest BCUT2D eigenvalue weighted by Crippen LogP contribution is -2.35. The van der Waals surface area contributed by atoms with Gasteiger partial charge in [-0.3, -0.25) is 14.4 Å². The minimum absolute atomic E-state index is 0.0228. The maximum Gasteiger partial charge on any atom is 0.331 e. The number of ether oxygens (including phenoxy) is 1. The van der Waals surface area contributed by atoms with Gasteiger partial charge in [-0.1, -0.05) is 0 Å². The van der Waals surface area contributed by atoms with E-state index in [1.165, 1.54) is 17.0 Å². The van der Waals surface area contributed by atoms with E-state index in [-0.39, 0.29) is 29.6 Å². The van der Waals surface area contributed by atoms with Gasteiger partial charge in [-0.05, 0) is 44.5 Å². The Morgan fingerprint density at radius 1 is 1.10 bits per heavy atom. The molecule has 2 heterocycles. The number of benzene rings is 1. The van der Waals surface area contributed by atoms with Crippen LogP contribution < -0.4 is 4.90 Å². The number of carbonyl (C=O) groups excluding carboxylic acids is 4. The van der Waals surface area contributed by atoms with Crippen molar-refractivity contribution in [3.63, 3.8) is 0 Å². The number of nitrogens with zero attached hydrogens (tertiary/aromatic N) is 3. The molecule has 0 aromatic heterocycles. The third-order valence-electron chi connectivity index (χ3n) is 4.89. The van der Waals surface area contributed by atoms with E-state index in [1.807, 2.05) is 0 Å². The number of carbonyl (C=O) groups is 4. The molecule has 0 radical (unpaired) electrons. The zero-order valence-electron chi connectivity index (χ0n) is 16.3. The molecule has 1 fully saturated rings. The standard InChI is InChI=1S/C20H22FN3O5/c1-3-22(4-2)17-18(29-16(26)12-23-11-5-6-15(23)25)20(28)24(19(17)27)14-9-7-13(21)8-10-14/h7-10H,3-6,11-12H2,1-2H3. The van der Waals surface area contributed by atoms with E-state index in [0.717, 1.165) is 17.0 Å². The van der Waals surface area contributed by atoms with Crippen molar-refractivity contribution in [2.45, 2.75) is 26.7 Å². The number of hydrogen-bond acceptors (Lipinski definition) is 6.